The highest BCUT2D eigenvalue weighted by molar-refractivity contribution is 7.98. The molecule has 5 heteroatoms. The highest BCUT2D eigenvalue weighted by Gasteiger charge is 2.08. The van der Waals surface area contributed by atoms with E-state index in [1.54, 1.807) is 7.11 Å². The van der Waals surface area contributed by atoms with Gasteiger partial charge in [-0.05, 0) is 32.3 Å². The van der Waals surface area contributed by atoms with Gasteiger partial charge in [0, 0.05) is 25.9 Å². The highest BCUT2D eigenvalue weighted by Crippen LogP contribution is 2.11. The predicted octanol–water partition coefficient (Wildman–Crippen LogP) is 2.39. The Bertz CT molecular complexity index is 328. The topological polar surface area (TPSA) is 39.1 Å². The van der Waals surface area contributed by atoms with Crippen molar-refractivity contribution in [2.24, 2.45) is 0 Å². The number of hydrogen-bond acceptors (Lipinski definition) is 4. The molecular formula is C12H23N3OS. The zero-order valence-corrected chi connectivity index (χ0v) is 12.0. The number of nitrogens with one attached hydrogen (secondary N) is 1. The zero-order valence-electron chi connectivity index (χ0n) is 11.2. The molecule has 98 valence electrons. The lowest BCUT2D eigenvalue weighted by molar-refractivity contribution is 0.187. The van der Waals surface area contributed by atoms with E-state index in [2.05, 4.69) is 34.2 Å². The Hall–Kier alpha value is -0.680. The molecule has 0 aliphatic carbocycles. The summed E-state index contributed by atoms with van der Waals surface area (Å²) in [6.45, 7) is 5.76. The molecule has 1 aromatic rings. The van der Waals surface area contributed by atoms with E-state index >= 15 is 0 Å². The normalized spacial score (nSPS) is 12.7. The van der Waals surface area contributed by atoms with E-state index < -0.39 is 0 Å². The Labute approximate surface area is 108 Å². The standard InChI is InChI=1S/C12H23N3OS/c1-10(5-8-17-4)13-12-14-11(2)9-15(12)6-7-16-3/h9-10H,5-8H2,1-4H3,(H,13,14). The van der Waals surface area contributed by atoms with Crippen molar-refractivity contribution in [2.45, 2.75) is 32.9 Å². The lowest BCUT2D eigenvalue weighted by Gasteiger charge is -2.15. The van der Waals surface area contributed by atoms with Gasteiger partial charge in [0.15, 0.2) is 0 Å². The number of aromatic nitrogens is 2. The van der Waals surface area contributed by atoms with Crippen molar-refractivity contribution >= 4 is 17.7 Å². The summed E-state index contributed by atoms with van der Waals surface area (Å²) in [5.74, 6) is 2.12. The number of rotatable bonds is 8. The van der Waals surface area contributed by atoms with Gasteiger partial charge in [-0.1, -0.05) is 0 Å². The first-order chi connectivity index (χ1) is 8.17. The summed E-state index contributed by atoms with van der Waals surface area (Å²) in [6, 6.07) is 0.450. The van der Waals surface area contributed by atoms with Crippen LogP contribution in [0.3, 0.4) is 0 Å². The second-order valence-corrected chi connectivity index (χ2v) is 5.20. The second kappa shape index (κ2) is 7.61. The minimum atomic E-state index is 0.450. The van der Waals surface area contributed by atoms with Crippen molar-refractivity contribution in [3.05, 3.63) is 11.9 Å². The number of hydrogen-bond donors (Lipinski definition) is 1. The third-order valence-corrected chi connectivity index (χ3v) is 3.21. The molecular weight excluding hydrogens is 234 g/mol. The van der Waals surface area contributed by atoms with E-state index in [-0.39, 0.29) is 0 Å². The fourth-order valence-electron chi connectivity index (χ4n) is 1.61. The average molecular weight is 257 g/mol. The van der Waals surface area contributed by atoms with Gasteiger partial charge >= 0.3 is 0 Å². The summed E-state index contributed by atoms with van der Waals surface area (Å²) in [6.07, 6.45) is 5.34. The van der Waals surface area contributed by atoms with Crippen LogP contribution in [0.1, 0.15) is 19.0 Å². The van der Waals surface area contributed by atoms with E-state index in [9.17, 15) is 0 Å². The molecule has 0 aromatic carbocycles. The van der Waals surface area contributed by atoms with Crippen molar-refractivity contribution in [1.82, 2.24) is 9.55 Å². The summed E-state index contributed by atoms with van der Waals surface area (Å²) < 4.78 is 7.22. The SMILES string of the molecule is COCCn1cc(C)nc1NC(C)CCSC. The van der Waals surface area contributed by atoms with Crippen LogP contribution in [0.15, 0.2) is 6.20 Å². The molecule has 1 heterocycles. The van der Waals surface area contributed by atoms with E-state index in [0.29, 0.717) is 12.6 Å². The number of anilines is 1. The van der Waals surface area contributed by atoms with Crippen LogP contribution >= 0.6 is 11.8 Å². The van der Waals surface area contributed by atoms with Gasteiger partial charge < -0.3 is 14.6 Å². The quantitative estimate of drug-likeness (QED) is 0.776. The molecule has 0 bridgehead atoms. The largest absolute Gasteiger partial charge is 0.383 e. The van der Waals surface area contributed by atoms with Crippen LogP contribution in [0.25, 0.3) is 0 Å². The van der Waals surface area contributed by atoms with Crippen molar-refractivity contribution in [3.63, 3.8) is 0 Å². The molecule has 1 N–H and O–H groups in total. The molecule has 4 nitrogen and oxygen atoms in total. The molecule has 0 aliphatic rings. The third kappa shape index (κ3) is 5.00. The highest BCUT2D eigenvalue weighted by atomic mass is 32.2. The summed E-state index contributed by atoms with van der Waals surface area (Å²) >= 11 is 1.88. The molecule has 0 spiro atoms. The zero-order chi connectivity index (χ0) is 12.7. The lowest BCUT2D eigenvalue weighted by Crippen LogP contribution is -2.19. The molecule has 1 unspecified atom stereocenters. The van der Waals surface area contributed by atoms with Crippen molar-refractivity contribution < 1.29 is 4.74 Å². The third-order valence-electron chi connectivity index (χ3n) is 2.56. The number of aryl methyl sites for hydroxylation is 1. The maximum absolute atomic E-state index is 5.10. The van der Waals surface area contributed by atoms with Gasteiger partial charge in [-0.3, -0.25) is 0 Å². The van der Waals surface area contributed by atoms with Gasteiger partial charge in [0.1, 0.15) is 0 Å². The van der Waals surface area contributed by atoms with E-state index in [4.69, 9.17) is 4.74 Å². The van der Waals surface area contributed by atoms with Crippen LogP contribution in [0, 0.1) is 6.92 Å². The van der Waals surface area contributed by atoms with Crippen molar-refractivity contribution in [1.29, 1.82) is 0 Å². The van der Waals surface area contributed by atoms with Gasteiger partial charge in [-0.15, -0.1) is 0 Å². The summed E-state index contributed by atoms with van der Waals surface area (Å²) in [7, 11) is 1.72. The maximum atomic E-state index is 5.10. The average Bonchev–Trinajstić information content (AvgIpc) is 2.64. The van der Waals surface area contributed by atoms with E-state index in [1.807, 2.05) is 18.7 Å². The van der Waals surface area contributed by atoms with Crippen LogP contribution in [-0.4, -0.2) is 41.3 Å². The summed E-state index contributed by atoms with van der Waals surface area (Å²) in [5.41, 5.74) is 1.04. The molecule has 0 aliphatic heterocycles. The van der Waals surface area contributed by atoms with Gasteiger partial charge in [0.2, 0.25) is 5.95 Å². The second-order valence-electron chi connectivity index (χ2n) is 4.22. The fourth-order valence-corrected chi connectivity index (χ4v) is 2.20. The molecule has 17 heavy (non-hydrogen) atoms. The Balaban J connectivity index is 2.55. The molecule has 0 radical (unpaired) electrons. The molecule has 0 fully saturated rings. The Kier molecular flexibility index (Phi) is 6.44. The number of thioether (sulfide) groups is 1. The number of ether oxygens (including phenoxy) is 1. The van der Waals surface area contributed by atoms with E-state index in [1.165, 1.54) is 5.75 Å². The first-order valence-corrected chi connectivity index (χ1v) is 7.35. The van der Waals surface area contributed by atoms with Crippen LogP contribution in [0.4, 0.5) is 5.95 Å². The van der Waals surface area contributed by atoms with Crippen LogP contribution in [-0.2, 0) is 11.3 Å². The number of nitrogens with zero attached hydrogens (tertiary/aromatic N) is 2. The Morgan fingerprint density at radius 2 is 2.35 bits per heavy atom. The van der Waals surface area contributed by atoms with Gasteiger partial charge in [-0.2, -0.15) is 11.8 Å². The fraction of sp³-hybridized carbons (Fsp3) is 0.750. The van der Waals surface area contributed by atoms with Crippen molar-refractivity contribution in [2.75, 3.05) is 31.0 Å². The molecule has 0 amide bonds. The van der Waals surface area contributed by atoms with Crippen LogP contribution in [0.5, 0.6) is 0 Å². The van der Waals surface area contributed by atoms with Crippen molar-refractivity contribution in [3.8, 4) is 0 Å². The van der Waals surface area contributed by atoms with E-state index in [0.717, 1.165) is 24.6 Å². The molecule has 1 aromatic heterocycles. The number of imidazole rings is 1. The summed E-state index contributed by atoms with van der Waals surface area (Å²) in [4.78, 5) is 4.50. The first-order valence-electron chi connectivity index (χ1n) is 5.95. The molecule has 1 rings (SSSR count). The Morgan fingerprint density at radius 3 is 3.00 bits per heavy atom. The minimum Gasteiger partial charge on any atom is -0.383 e. The van der Waals surface area contributed by atoms with Crippen LogP contribution < -0.4 is 5.32 Å². The summed E-state index contributed by atoms with van der Waals surface area (Å²) in [5, 5.41) is 3.46. The smallest absolute Gasteiger partial charge is 0.203 e. The number of methoxy groups -OCH3 is 1. The van der Waals surface area contributed by atoms with Crippen LogP contribution in [0.2, 0.25) is 0 Å². The molecule has 0 saturated carbocycles. The molecule has 0 saturated heterocycles. The lowest BCUT2D eigenvalue weighted by atomic mass is 10.3. The maximum Gasteiger partial charge on any atom is 0.203 e. The van der Waals surface area contributed by atoms with Gasteiger partial charge in [-0.25, -0.2) is 4.98 Å². The minimum absolute atomic E-state index is 0.450. The first kappa shape index (κ1) is 14.4. The van der Waals surface area contributed by atoms with Gasteiger partial charge in [0.05, 0.1) is 12.3 Å². The predicted molar refractivity (Wildman–Crippen MR) is 74.9 cm³/mol. The molecule has 1 atom stereocenters. The van der Waals surface area contributed by atoms with Gasteiger partial charge in [0.25, 0.3) is 0 Å². The monoisotopic (exact) mass is 257 g/mol. The Morgan fingerprint density at radius 1 is 1.59 bits per heavy atom.